The lowest BCUT2D eigenvalue weighted by Gasteiger charge is -2.03. The lowest BCUT2D eigenvalue weighted by molar-refractivity contribution is 0.664. The number of fused-ring (bicyclic) bond motifs is 7. The zero-order chi connectivity index (χ0) is 22.9. The highest BCUT2D eigenvalue weighted by Crippen LogP contribution is 2.38. The van der Waals surface area contributed by atoms with Gasteiger partial charge in [0, 0.05) is 45.7 Å². The Morgan fingerprint density at radius 1 is 0.600 bits per heavy atom. The first-order chi connectivity index (χ1) is 17.3. The number of para-hydroxylation sites is 1. The van der Waals surface area contributed by atoms with Crippen LogP contribution in [0.1, 0.15) is 0 Å². The quantitative estimate of drug-likeness (QED) is 0.268. The molecule has 5 heteroatoms. The van der Waals surface area contributed by atoms with Crippen LogP contribution in [0.2, 0.25) is 0 Å². The van der Waals surface area contributed by atoms with E-state index in [-0.39, 0.29) is 0 Å². The third-order valence-electron chi connectivity index (χ3n) is 6.75. The largest absolute Gasteiger partial charge is 0.456 e. The molecule has 35 heavy (non-hydrogen) atoms. The SMILES string of the molecule is c1ccc2c(c1)oc1cc3c(cc12)oc1ccc(-c2ccc(-c4cn5ccncc5n4)cc2)cc13. The van der Waals surface area contributed by atoms with E-state index in [9.17, 15) is 0 Å². The maximum absolute atomic E-state index is 6.22. The molecule has 0 spiro atoms. The minimum atomic E-state index is 0.836. The van der Waals surface area contributed by atoms with E-state index in [1.807, 2.05) is 41.1 Å². The molecule has 4 aromatic heterocycles. The molecule has 0 bridgehead atoms. The van der Waals surface area contributed by atoms with Crippen molar-refractivity contribution in [2.45, 2.75) is 0 Å². The third kappa shape index (κ3) is 2.75. The Balaban J connectivity index is 1.23. The molecule has 0 saturated heterocycles. The predicted octanol–water partition coefficient (Wildman–Crippen LogP) is 7.86. The number of hydrogen-bond donors (Lipinski definition) is 0. The Bertz CT molecular complexity index is 2030. The smallest absolute Gasteiger partial charge is 0.155 e. The molecule has 0 amide bonds. The summed E-state index contributed by atoms with van der Waals surface area (Å²) in [5.74, 6) is 0. The minimum Gasteiger partial charge on any atom is -0.456 e. The lowest BCUT2D eigenvalue weighted by atomic mass is 10.0. The Kier molecular flexibility index (Phi) is 3.60. The average Bonchev–Trinajstić information content (AvgIpc) is 3.60. The highest BCUT2D eigenvalue weighted by atomic mass is 16.3. The summed E-state index contributed by atoms with van der Waals surface area (Å²) < 4.78 is 14.3. The summed E-state index contributed by atoms with van der Waals surface area (Å²) in [4.78, 5) is 8.82. The van der Waals surface area contributed by atoms with Crippen molar-refractivity contribution in [1.29, 1.82) is 0 Å². The van der Waals surface area contributed by atoms with Gasteiger partial charge in [0.05, 0.1) is 11.9 Å². The summed E-state index contributed by atoms with van der Waals surface area (Å²) in [6.07, 6.45) is 7.45. The number of benzene rings is 4. The molecule has 0 aliphatic rings. The van der Waals surface area contributed by atoms with E-state index in [0.29, 0.717) is 0 Å². The highest BCUT2D eigenvalue weighted by Gasteiger charge is 2.14. The topological polar surface area (TPSA) is 56.5 Å². The van der Waals surface area contributed by atoms with Crippen LogP contribution in [-0.4, -0.2) is 14.4 Å². The van der Waals surface area contributed by atoms with Gasteiger partial charge in [-0.1, -0.05) is 48.5 Å². The van der Waals surface area contributed by atoms with Gasteiger partial charge in [-0.2, -0.15) is 0 Å². The van der Waals surface area contributed by atoms with Crippen LogP contribution in [-0.2, 0) is 0 Å². The third-order valence-corrected chi connectivity index (χ3v) is 6.75. The first-order valence-corrected chi connectivity index (χ1v) is 11.5. The molecule has 8 rings (SSSR count). The van der Waals surface area contributed by atoms with E-state index < -0.39 is 0 Å². The van der Waals surface area contributed by atoms with Gasteiger partial charge in [0.15, 0.2) is 5.65 Å². The van der Waals surface area contributed by atoms with Crippen molar-refractivity contribution in [3.63, 3.8) is 0 Å². The summed E-state index contributed by atoms with van der Waals surface area (Å²) in [6.45, 7) is 0. The summed E-state index contributed by atoms with van der Waals surface area (Å²) in [7, 11) is 0. The second kappa shape index (κ2) is 6.81. The normalized spacial score (nSPS) is 12.0. The van der Waals surface area contributed by atoms with Gasteiger partial charge < -0.3 is 13.2 Å². The number of rotatable bonds is 2. The van der Waals surface area contributed by atoms with Crippen LogP contribution in [0.15, 0.2) is 112 Å². The van der Waals surface area contributed by atoms with Crippen molar-refractivity contribution in [2.24, 2.45) is 0 Å². The summed E-state index contributed by atoms with van der Waals surface area (Å²) in [5, 5.41) is 4.32. The molecule has 0 aliphatic heterocycles. The lowest BCUT2D eigenvalue weighted by Crippen LogP contribution is -1.81. The molecule has 8 aromatic rings. The monoisotopic (exact) mass is 451 g/mol. The van der Waals surface area contributed by atoms with E-state index in [2.05, 4.69) is 64.6 Å². The van der Waals surface area contributed by atoms with E-state index in [1.165, 1.54) is 0 Å². The van der Waals surface area contributed by atoms with Crippen LogP contribution >= 0.6 is 0 Å². The van der Waals surface area contributed by atoms with Gasteiger partial charge in [-0.15, -0.1) is 0 Å². The molecular weight excluding hydrogens is 434 g/mol. The van der Waals surface area contributed by atoms with Crippen molar-refractivity contribution in [1.82, 2.24) is 14.4 Å². The summed E-state index contributed by atoms with van der Waals surface area (Å²) in [6, 6.07) is 27.2. The van der Waals surface area contributed by atoms with Gasteiger partial charge in [-0.3, -0.25) is 4.98 Å². The van der Waals surface area contributed by atoms with Crippen molar-refractivity contribution < 1.29 is 8.83 Å². The standard InChI is InChI=1S/C30H17N3O2/c1-2-4-26-21(3-1)23-14-29-24(15-28(23)34-26)22-13-20(9-10-27(22)35-29)18-5-7-19(8-6-18)25-17-33-12-11-31-16-30(33)32-25/h1-17H. The zero-order valence-electron chi connectivity index (χ0n) is 18.5. The van der Waals surface area contributed by atoms with Crippen LogP contribution in [0.25, 0.3) is 71.9 Å². The molecular formula is C30H17N3O2. The molecule has 5 nitrogen and oxygen atoms in total. The van der Waals surface area contributed by atoms with Crippen LogP contribution in [0.5, 0.6) is 0 Å². The second-order valence-electron chi connectivity index (χ2n) is 8.80. The van der Waals surface area contributed by atoms with E-state index in [0.717, 1.165) is 71.9 Å². The van der Waals surface area contributed by atoms with E-state index >= 15 is 0 Å². The molecule has 4 aromatic carbocycles. The maximum atomic E-state index is 6.22. The zero-order valence-corrected chi connectivity index (χ0v) is 18.5. The first-order valence-electron chi connectivity index (χ1n) is 11.5. The number of furan rings is 2. The fraction of sp³-hybridized carbons (Fsp3) is 0. The Morgan fingerprint density at radius 2 is 1.29 bits per heavy atom. The fourth-order valence-electron chi connectivity index (χ4n) is 4.99. The molecule has 4 heterocycles. The van der Waals surface area contributed by atoms with Gasteiger partial charge in [0.2, 0.25) is 0 Å². The summed E-state index contributed by atoms with van der Waals surface area (Å²) >= 11 is 0. The van der Waals surface area contributed by atoms with Crippen LogP contribution in [0, 0.1) is 0 Å². The van der Waals surface area contributed by atoms with E-state index in [4.69, 9.17) is 8.83 Å². The molecule has 0 radical (unpaired) electrons. The number of nitrogens with zero attached hydrogens (tertiary/aromatic N) is 3. The number of imidazole rings is 1. The Labute approximate surface area is 198 Å². The van der Waals surface area contributed by atoms with Crippen molar-refractivity contribution in [3.8, 4) is 22.4 Å². The van der Waals surface area contributed by atoms with Gasteiger partial charge in [0.1, 0.15) is 22.3 Å². The molecule has 164 valence electrons. The second-order valence-corrected chi connectivity index (χ2v) is 8.80. The van der Waals surface area contributed by atoms with E-state index in [1.54, 1.807) is 12.4 Å². The number of hydrogen-bond acceptors (Lipinski definition) is 4. The van der Waals surface area contributed by atoms with Crippen LogP contribution < -0.4 is 0 Å². The Morgan fingerprint density at radius 3 is 2.11 bits per heavy atom. The fourth-order valence-corrected chi connectivity index (χ4v) is 4.99. The average molecular weight is 451 g/mol. The van der Waals surface area contributed by atoms with Crippen LogP contribution in [0.4, 0.5) is 0 Å². The molecule has 0 saturated carbocycles. The van der Waals surface area contributed by atoms with Gasteiger partial charge >= 0.3 is 0 Å². The van der Waals surface area contributed by atoms with Gasteiger partial charge in [-0.25, -0.2) is 4.98 Å². The van der Waals surface area contributed by atoms with Crippen LogP contribution in [0.3, 0.4) is 0 Å². The maximum Gasteiger partial charge on any atom is 0.155 e. The molecule has 0 atom stereocenters. The molecule has 0 N–H and O–H groups in total. The molecule has 0 aliphatic carbocycles. The van der Waals surface area contributed by atoms with Crippen molar-refractivity contribution in [2.75, 3.05) is 0 Å². The van der Waals surface area contributed by atoms with Crippen molar-refractivity contribution >= 4 is 49.5 Å². The molecule has 0 fully saturated rings. The highest BCUT2D eigenvalue weighted by molar-refractivity contribution is 6.15. The van der Waals surface area contributed by atoms with Gasteiger partial charge in [0.25, 0.3) is 0 Å². The Hall–Kier alpha value is -4.90. The predicted molar refractivity (Wildman–Crippen MR) is 138 cm³/mol. The molecule has 0 unspecified atom stereocenters. The first kappa shape index (κ1) is 18.5. The number of aromatic nitrogens is 3. The van der Waals surface area contributed by atoms with Gasteiger partial charge in [-0.05, 0) is 41.5 Å². The summed E-state index contributed by atoms with van der Waals surface area (Å²) in [5.41, 5.74) is 8.61. The van der Waals surface area contributed by atoms with Crippen molar-refractivity contribution in [3.05, 3.63) is 104 Å². The minimum absolute atomic E-state index is 0.836.